The maximum absolute atomic E-state index is 11.5. The Morgan fingerprint density at radius 3 is 2.50 bits per heavy atom. The van der Waals surface area contributed by atoms with Crippen LogP contribution in [0.25, 0.3) is 0 Å². The van der Waals surface area contributed by atoms with Gasteiger partial charge in [0.1, 0.15) is 6.04 Å². The first-order valence-corrected chi connectivity index (χ1v) is 4.99. The van der Waals surface area contributed by atoms with Crippen LogP contribution >= 0.6 is 0 Å². The van der Waals surface area contributed by atoms with E-state index in [1.54, 1.807) is 0 Å². The number of carbonyl (C=O) groups excluding carboxylic acids is 1. The summed E-state index contributed by atoms with van der Waals surface area (Å²) in [4.78, 5) is 32.6. The van der Waals surface area contributed by atoms with Gasteiger partial charge in [0.05, 0.1) is 12.5 Å². The minimum absolute atomic E-state index is 0.407. The van der Waals surface area contributed by atoms with Gasteiger partial charge in [-0.05, 0) is 19.4 Å². The van der Waals surface area contributed by atoms with Crippen molar-refractivity contribution in [2.45, 2.75) is 31.3 Å². The molecule has 1 saturated heterocycles. The molecule has 0 bridgehead atoms. The number of rotatable bonds is 5. The number of carboxylic acid groups (broad SMARTS) is 2. The summed E-state index contributed by atoms with van der Waals surface area (Å²) in [6, 6.07) is -1.77. The predicted octanol–water partition coefficient (Wildman–Crippen LogP) is -1.22. The lowest BCUT2D eigenvalue weighted by molar-refractivity contribution is -0.147. The van der Waals surface area contributed by atoms with Crippen molar-refractivity contribution in [3.05, 3.63) is 0 Å². The van der Waals surface area contributed by atoms with Crippen LogP contribution in [0.1, 0.15) is 19.3 Å². The van der Waals surface area contributed by atoms with E-state index in [4.69, 9.17) is 10.2 Å². The molecule has 1 aliphatic heterocycles. The van der Waals surface area contributed by atoms with Crippen molar-refractivity contribution < 1.29 is 24.6 Å². The summed E-state index contributed by atoms with van der Waals surface area (Å²) in [5.74, 6) is -3.05. The van der Waals surface area contributed by atoms with Crippen molar-refractivity contribution in [3.8, 4) is 0 Å². The molecule has 0 spiro atoms. The molecule has 0 radical (unpaired) electrons. The third kappa shape index (κ3) is 3.50. The largest absolute Gasteiger partial charge is 0.481 e. The fourth-order valence-corrected chi connectivity index (χ4v) is 1.56. The lowest BCUT2D eigenvalue weighted by Crippen LogP contribution is -2.48. The van der Waals surface area contributed by atoms with Crippen molar-refractivity contribution in [2.75, 3.05) is 6.54 Å². The third-order valence-electron chi connectivity index (χ3n) is 2.37. The molecule has 0 aromatic carbocycles. The van der Waals surface area contributed by atoms with Gasteiger partial charge in [0.25, 0.3) is 0 Å². The first-order chi connectivity index (χ1) is 7.50. The Morgan fingerprint density at radius 2 is 2.06 bits per heavy atom. The molecule has 7 heteroatoms. The van der Waals surface area contributed by atoms with Gasteiger partial charge in [-0.25, -0.2) is 4.79 Å². The summed E-state index contributed by atoms with van der Waals surface area (Å²) >= 11 is 0. The van der Waals surface area contributed by atoms with Crippen molar-refractivity contribution in [2.24, 2.45) is 0 Å². The van der Waals surface area contributed by atoms with Gasteiger partial charge >= 0.3 is 11.9 Å². The standard InChI is InChI=1S/C9H14N2O5/c12-7(13)4-6(9(15)16)11-8(14)5-2-1-3-10-5/h5-6,10H,1-4H2,(H,11,14)(H,12,13)(H,15,16)/t5-,6?/m0/s1. The van der Waals surface area contributed by atoms with E-state index in [1.807, 2.05) is 0 Å². The molecule has 1 amide bonds. The van der Waals surface area contributed by atoms with Gasteiger partial charge in [-0.1, -0.05) is 0 Å². The first-order valence-electron chi connectivity index (χ1n) is 4.99. The quantitative estimate of drug-likeness (QED) is 0.470. The zero-order chi connectivity index (χ0) is 12.1. The molecule has 1 fully saturated rings. The summed E-state index contributed by atoms with van der Waals surface area (Å²) < 4.78 is 0. The van der Waals surface area contributed by atoms with Crippen LogP contribution in [0.3, 0.4) is 0 Å². The number of nitrogens with one attached hydrogen (secondary N) is 2. The SMILES string of the molecule is O=C(O)CC(NC(=O)[C@@H]1CCCN1)C(=O)O. The van der Waals surface area contributed by atoms with Gasteiger partial charge in [0.2, 0.25) is 5.91 Å². The fraction of sp³-hybridized carbons (Fsp3) is 0.667. The van der Waals surface area contributed by atoms with E-state index in [0.717, 1.165) is 13.0 Å². The van der Waals surface area contributed by atoms with Gasteiger partial charge in [0.15, 0.2) is 0 Å². The summed E-state index contributed by atoms with van der Waals surface area (Å²) in [5.41, 5.74) is 0. The molecule has 0 aliphatic carbocycles. The van der Waals surface area contributed by atoms with Crippen molar-refractivity contribution in [3.63, 3.8) is 0 Å². The predicted molar refractivity (Wildman–Crippen MR) is 52.8 cm³/mol. The number of hydrogen-bond acceptors (Lipinski definition) is 4. The van der Waals surface area contributed by atoms with E-state index in [2.05, 4.69) is 10.6 Å². The molecule has 1 rings (SSSR count). The number of aliphatic carboxylic acids is 2. The van der Waals surface area contributed by atoms with Crippen LogP contribution in [-0.2, 0) is 14.4 Å². The number of carboxylic acids is 2. The van der Waals surface area contributed by atoms with E-state index in [-0.39, 0.29) is 0 Å². The van der Waals surface area contributed by atoms with E-state index < -0.39 is 36.4 Å². The molecule has 1 heterocycles. The maximum atomic E-state index is 11.5. The highest BCUT2D eigenvalue weighted by atomic mass is 16.4. The van der Waals surface area contributed by atoms with Gasteiger partial charge in [-0.2, -0.15) is 0 Å². The second-order valence-electron chi connectivity index (χ2n) is 3.65. The van der Waals surface area contributed by atoms with Crippen molar-refractivity contribution in [1.82, 2.24) is 10.6 Å². The van der Waals surface area contributed by atoms with Gasteiger partial charge < -0.3 is 20.8 Å². The Bertz CT molecular complexity index is 298. The molecule has 0 aromatic rings. The average molecular weight is 230 g/mol. The highest BCUT2D eigenvalue weighted by Crippen LogP contribution is 2.05. The zero-order valence-electron chi connectivity index (χ0n) is 8.60. The molecule has 90 valence electrons. The Kier molecular flexibility index (Phi) is 4.24. The molecule has 0 saturated carbocycles. The molecule has 1 aliphatic rings. The lowest BCUT2D eigenvalue weighted by Gasteiger charge is -2.15. The molecule has 4 N–H and O–H groups in total. The van der Waals surface area contributed by atoms with Gasteiger partial charge in [0, 0.05) is 0 Å². The third-order valence-corrected chi connectivity index (χ3v) is 2.37. The number of carbonyl (C=O) groups is 3. The molecular formula is C9H14N2O5. The Balaban J connectivity index is 2.50. The van der Waals surface area contributed by atoms with Crippen LogP contribution in [0.2, 0.25) is 0 Å². The molecule has 7 nitrogen and oxygen atoms in total. The van der Waals surface area contributed by atoms with Crippen LogP contribution in [0.4, 0.5) is 0 Å². The van der Waals surface area contributed by atoms with Crippen molar-refractivity contribution in [1.29, 1.82) is 0 Å². The molecule has 2 atom stereocenters. The molecule has 16 heavy (non-hydrogen) atoms. The van der Waals surface area contributed by atoms with Crippen LogP contribution in [0.5, 0.6) is 0 Å². The van der Waals surface area contributed by atoms with Crippen molar-refractivity contribution >= 4 is 17.8 Å². The monoisotopic (exact) mass is 230 g/mol. The highest BCUT2D eigenvalue weighted by Gasteiger charge is 2.28. The van der Waals surface area contributed by atoms with Gasteiger partial charge in [-0.15, -0.1) is 0 Å². The smallest absolute Gasteiger partial charge is 0.326 e. The Hall–Kier alpha value is -1.63. The average Bonchev–Trinajstić information content (AvgIpc) is 2.68. The summed E-state index contributed by atoms with van der Waals surface area (Å²) in [6.07, 6.45) is 0.883. The molecular weight excluding hydrogens is 216 g/mol. The van der Waals surface area contributed by atoms with Crippen LogP contribution in [0.15, 0.2) is 0 Å². The zero-order valence-corrected chi connectivity index (χ0v) is 8.60. The minimum atomic E-state index is -1.37. The van der Waals surface area contributed by atoms with E-state index in [9.17, 15) is 14.4 Å². The highest BCUT2D eigenvalue weighted by molar-refractivity contribution is 5.89. The van der Waals surface area contributed by atoms with E-state index >= 15 is 0 Å². The minimum Gasteiger partial charge on any atom is -0.481 e. The first kappa shape index (κ1) is 12.4. The summed E-state index contributed by atoms with van der Waals surface area (Å²) in [6.45, 7) is 0.717. The number of amides is 1. The second-order valence-corrected chi connectivity index (χ2v) is 3.65. The van der Waals surface area contributed by atoms with Crippen LogP contribution < -0.4 is 10.6 Å². The van der Waals surface area contributed by atoms with Crippen LogP contribution in [-0.4, -0.2) is 46.7 Å². The second kappa shape index (κ2) is 5.45. The fourth-order valence-electron chi connectivity index (χ4n) is 1.56. The van der Waals surface area contributed by atoms with Crippen LogP contribution in [0, 0.1) is 0 Å². The summed E-state index contributed by atoms with van der Waals surface area (Å²) in [7, 11) is 0. The Labute approximate surface area is 91.8 Å². The molecule has 1 unspecified atom stereocenters. The summed E-state index contributed by atoms with van der Waals surface area (Å²) in [5, 5.41) is 22.3. The van der Waals surface area contributed by atoms with E-state index in [0.29, 0.717) is 6.42 Å². The number of hydrogen-bond donors (Lipinski definition) is 4. The topological polar surface area (TPSA) is 116 Å². The Morgan fingerprint density at radius 1 is 1.38 bits per heavy atom. The van der Waals surface area contributed by atoms with E-state index in [1.165, 1.54) is 0 Å². The van der Waals surface area contributed by atoms with Gasteiger partial charge in [-0.3, -0.25) is 9.59 Å². The maximum Gasteiger partial charge on any atom is 0.326 e. The molecule has 0 aromatic heterocycles. The lowest BCUT2D eigenvalue weighted by atomic mass is 10.1. The normalized spacial score (nSPS) is 21.4.